The van der Waals surface area contributed by atoms with Crippen LogP contribution in [0.25, 0.3) is 21.9 Å². The summed E-state index contributed by atoms with van der Waals surface area (Å²) in [5, 5.41) is 4.99. The summed E-state index contributed by atoms with van der Waals surface area (Å²) in [6.07, 6.45) is 0. The SMILES string of the molecule is COc1cc2c(cc1NC(=O)[C@H](C)N1CCOCC1)oc1ccccc12. The van der Waals surface area contributed by atoms with Gasteiger partial charge in [-0.25, -0.2) is 0 Å². The van der Waals surface area contributed by atoms with E-state index < -0.39 is 0 Å². The highest BCUT2D eigenvalue weighted by Gasteiger charge is 2.24. The van der Waals surface area contributed by atoms with E-state index in [4.69, 9.17) is 13.9 Å². The van der Waals surface area contributed by atoms with Gasteiger partial charge in [0.05, 0.1) is 32.1 Å². The molecule has 26 heavy (non-hydrogen) atoms. The van der Waals surface area contributed by atoms with Crippen LogP contribution in [0, 0.1) is 0 Å². The lowest BCUT2D eigenvalue weighted by Gasteiger charge is -2.31. The van der Waals surface area contributed by atoms with Crippen molar-refractivity contribution in [2.24, 2.45) is 0 Å². The average molecular weight is 354 g/mol. The van der Waals surface area contributed by atoms with Gasteiger partial charge in [-0.05, 0) is 19.1 Å². The van der Waals surface area contributed by atoms with Crippen LogP contribution in [0.3, 0.4) is 0 Å². The molecule has 0 bridgehead atoms. The molecule has 1 amide bonds. The Hall–Kier alpha value is -2.57. The molecule has 2 aromatic carbocycles. The number of rotatable bonds is 4. The minimum atomic E-state index is -0.241. The van der Waals surface area contributed by atoms with Crippen molar-refractivity contribution in [1.82, 2.24) is 4.90 Å². The molecule has 1 aliphatic rings. The molecular weight excluding hydrogens is 332 g/mol. The molecule has 2 heterocycles. The maximum atomic E-state index is 12.7. The summed E-state index contributed by atoms with van der Waals surface area (Å²) in [6.45, 7) is 4.74. The number of fused-ring (bicyclic) bond motifs is 3. The summed E-state index contributed by atoms with van der Waals surface area (Å²) in [5.74, 6) is 0.548. The first-order valence-electron chi connectivity index (χ1n) is 8.79. The van der Waals surface area contributed by atoms with Crippen LogP contribution in [-0.2, 0) is 9.53 Å². The number of hydrogen-bond acceptors (Lipinski definition) is 5. The van der Waals surface area contributed by atoms with Gasteiger partial charge in [-0.15, -0.1) is 0 Å². The standard InChI is InChI=1S/C20H22N2O4/c1-13(22-7-9-25-10-8-22)20(23)21-16-12-18-15(11-19(16)24-2)14-5-3-4-6-17(14)26-18/h3-6,11-13H,7-10H2,1-2H3,(H,21,23)/t13-/m0/s1. The number of hydrogen-bond donors (Lipinski definition) is 1. The highest BCUT2D eigenvalue weighted by atomic mass is 16.5. The number of para-hydroxylation sites is 1. The number of benzene rings is 2. The number of morpholine rings is 1. The van der Waals surface area contributed by atoms with E-state index in [1.807, 2.05) is 43.3 Å². The van der Waals surface area contributed by atoms with Gasteiger partial charge in [0.15, 0.2) is 0 Å². The van der Waals surface area contributed by atoms with Crippen molar-refractivity contribution >= 4 is 33.5 Å². The van der Waals surface area contributed by atoms with Crippen LogP contribution in [-0.4, -0.2) is 50.3 Å². The number of anilines is 1. The van der Waals surface area contributed by atoms with Gasteiger partial charge in [-0.1, -0.05) is 18.2 Å². The van der Waals surface area contributed by atoms with E-state index in [1.165, 1.54) is 0 Å². The van der Waals surface area contributed by atoms with Gasteiger partial charge >= 0.3 is 0 Å². The van der Waals surface area contributed by atoms with Crippen LogP contribution in [0.5, 0.6) is 5.75 Å². The Morgan fingerprint density at radius 1 is 1.15 bits per heavy atom. The molecule has 136 valence electrons. The molecular formula is C20H22N2O4. The second-order valence-corrected chi connectivity index (χ2v) is 6.46. The zero-order valence-electron chi connectivity index (χ0n) is 15.0. The van der Waals surface area contributed by atoms with E-state index in [9.17, 15) is 4.79 Å². The molecule has 6 heteroatoms. The van der Waals surface area contributed by atoms with Crippen LogP contribution in [0.4, 0.5) is 5.69 Å². The lowest BCUT2D eigenvalue weighted by Crippen LogP contribution is -2.47. The summed E-state index contributed by atoms with van der Waals surface area (Å²) in [6, 6.07) is 11.4. The molecule has 0 saturated carbocycles. The minimum Gasteiger partial charge on any atom is -0.495 e. The fourth-order valence-corrected chi connectivity index (χ4v) is 3.39. The predicted octanol–water partition coefficient (Wildman–Crippen LogP) is 3.25. The summed E-state index contributed by atoms with van der Waals surface area (Å²) < 4.78 is 16.8. The molecule has 4 rings (SSSR count). The van der Waals surface area contributed by atoms with Crippen molar-refractivity contribution in [2.45, 2.75) is 13.0 Å². The Bertz CT molecular complexity index is 944. The van der Waals surface area contributed by atoms with E-state index in [0.29, 0.717) is 24.7 Å². The molecule has 1 N–H and O–H groups in total. The Balaban J connectivity index is 1.64. The van der Waals surface area contributed by atoms with Crippen LogP contribution in [0.2, 0.25) is 0 Å². The number of methoxy groups -OCH3 is 1. The molecule has 1 fully saturated rings. The molecule has 0 aliphatic carbocycles. The van der Waals surface area contributed by atoms with Gasteiger partial charge in [-0.2, -0.15) is 0 Å². The fourth-order valence-electron chi connectivity index (χ4n) is 3.39. The van der Waals surface area contributed by atoms with Crippen molar-refractivity contribution in [3.05, 3.63) is 36.4 Å². The zero-order chi connectivity index (χ0) is 18.1. The second-order valence-electron chi connectivity index (χ2n) is 6.46. The smallest absolute Gasteiger partial charge is 0.241 e. The number of amides is 1. The molecule has 1 atom stereocenters. The van der Waals surface area contributed by atoms with Crippen molar-refractivity contribution in [3.63, 3.8) is 0 Å². The Kier molecular flexibility index (Phi) is 4.53. The molecule has 3 aromatic rings. The monoisotopic (exact) mass is 354 g/mol. The first-order chi connectivity index (χ1) is 12.7. The van der Waals surface area contributed by atoms with Crippen LogP contribution < -0.4 is 10.1 Å². The van der Waals surface area contributed by atoms with Crippen LogP contribution in [0.1, 0.15) is 6.92 Å². The lowest BCUT2D eigenvalue weighted by atomic mass is 10.1. The topological polar surface area (TPSA) is 63.9 Å². The summed E-state index contributed by atoms with van der Waals surface area (Å²) in [4.78, 5) is 14.8. The van der Waals surface area contributed by atoms with Crippen molar-refractivity contribution in [1.29, 1.82) is 0 Å². The number of carbonyl (C=O) groups excluding carboxylic acids is 1. The van der Waals surface area contributed by atoms with Crippen molar-refractivity contribution < 1.29 is 18.7 Å². The number of ether oxygens (including phenoxy) is 2. The summed E-state index contributed by atoms with van der Waals surface area (Å²) in [5.41, 5.74) is 2.15. The zero-order valence-corrected chi connectivity index (χ0v) is 15.0. The molecule has 0 unspecified atom stereocenters. The first kappa shape index (κ1) is 16.9. The normalized spacial score (nSPS) is 16.7. The van der Waals surface area contributed by atoms with Gasteiger partial charge in [0.2, 0.25) is 5.91 Å². The largest absolute Gasteiger partial charge is 0.495 e. The molecule has 6 nitrogen and oxygen atoms in total. The van der Waals surface area contributed by atoms with Gasteiger partial charge < -0.3 is 19.2 Å². The van der Waals surface area contributed by atoms with Gasteiger partial charge in [-0.3, -0.25) is 9.69 Å². The summed E-state index contributed by atoms with van der Waals surface area (Å²) >= 11 is 0. The van der Waals surface area contributed by atoms with Gasteiger partial charge in [0, 0.05) is 29.9 Å². The molecule has 1 saturated heterocycles. The average Bonchev–Trinajstić information content (AvgIpc) is 3.04. The molecule has 0 spiro atoms. The van der Waals surface area contributed by atoms with Crippen molar-refractivity contribution in [2.75, 3.05) is 38.7 Å². The third-order valence-corrected chi connectivity index (χ3v) is 4.93. The molecule has 1 aromatic heterocycles. The van der Waals surface area contributed by atoms with Gasteiger partial charge in [0.1, 0.15) is 16.9 Å². The van der Waals surface area contributed by atoms with Gasteiger partial charge in [0.25, 0.3) is 0 Å². The quantitative estimate of drug-likeness (QED) is 0.779. The number of furan rings is 1. The Labute approximate surface area is 151 Å². The van der Waals surface area contributed by atoms with Crippen molar-refractivity contribution in [3.8, 4) is 5.75 Å². The fraction of sp³-hybridized carbons (Fsp3) is 0.350. The molecule has 1 aliphatic heterocycles. The Morgan fingerprint density at radius 3 is 2.69 bits per heavy atom. The van der Waals surface area contributed by atoms with Crippen LogP contribution >= 0.6 is 0 Å². The highest BCUT2D eigenvalue weighted by Crippen LogP contribution is 2.36. The van der Waals surface area contributed by atoms with E-state index in [2.05, 4.69) is 10.2 Å². The third kappa shape index (κ3) is 3.02. The maximum absolute atomic E-state index is 12.7. The Morgan fingerprint density at radius 2 is 1.92 bits per heavy atom. The van der Waals surface area contributed by atoms with E-state index >= 15 is 0 Å². The van der Waals surface area contributed by atoms with E-state index in [1.54, 1.807) is 7.11 Å². The van der Waals surface area contributed by atoms with E-state index in [-0.39, 0.29) is 11.9 Å². The lowest BCUT2D eigenvalue weighted by molar-refractivity contribution is -0.122. The minimum absolute atomic E-state index is 0.0688. The number of carbonyl (C=O) groups is 1. The predicted molar refractivity (Wildman–Crippen MR) is 101 cm³/mol. The number of nitrogens with zero attached hydrogens (tertiary/aromatic N) is 1. The van der Waals surface area contributed by atoms with Crippen LogP contribution in [0.15, 0.2) is 40.8 Å². The molecule has 0 radical (unpaired) electrons. The number of nitrogens with one attached hydrogen (secondary N) is 1. The maximum Gasteiger partial charge on any atom is 0.241 e. The second kappa shape index (κ2) is 6.97. The summed E-state index contributed by atoms with van der Waals surface area (Å²) in [7, 11) is 1.60. The highest BCUT2D eigenvalue weighted by molar-refractivity contribution is 6.08. The third-order valence-electron chi connectivity index (χ3n) is 4.93. The first-order valence-corrected chi connectivity index (χ1v) is 8.79. The van der Waals surface area contributed by atoms with E-state index in [0.717, 1.165) is 35.0 Å².